The van der Waals surface area contributed by atoms with Crippen molar-refractivity contribution in [2.45, 2.75) is 20.0 Å². The second-order valence-electron chi connectivity index (χ2n) is 3.18. The van der Waals surface area contributed by atoms with E-state index in [1.165, 1.54) is 6.92 Å². The number of benzene rings is 1. The molecule has 0 radical (unpaired) electrons. The summed E-state index contributed by atoms with van der Waals surface area (Å²) in [5.41, 5.74) is 0. The molecular weight excluding hydrogens is 224 g/mol. The molecule has 0 unspecified atom stereocenters. The molecule has 1 aromatic rings. The topological polar surface area (TPSA) is 61.8 Å². The number of carbonyl (C=O) groups is 2. The first-order chi connectivity index (χ1) is 8.13. The number of hydrogen-bond donors (Lipinski definition) is 0. The Morgan fingerprint density at radius 1 is 1.24 bits per heavy atom. The van der Waals surface area contributed by atoms with E-state index in [1.807, 2.05) is 0 Å². The highest BCUT2D eigenvalue weighted by molar-refractivity contribution is 5.79. The number of esters is 1. The first-order valence-corrected chi connectivity index (χ1v) is 5.23. The molecule has 5 heteroatoms. The molecule has 17 heavy (non-hydrogen) atoms. The number of hydrogen-bond acceptors (Lipinski definition) is 5. The van der Waals surface area contributed by atoms with E-state index in [4.69, 9.17) is 4.74 Å². The van der Waals surface area contributed by atoms with E-state index in [0.717, 1.165) is 0 Å². The SMILES string of the molecule is CCOC(=O)O[C@@H](C)C(=O)Oc1ccccc1. The fourth-order valence-corrected chi connectivity index (χ4v) is 1.03. The third-order valence-electron chi connectivity index (χ3n) is 1.83. The van der Waals surface area contributed by atoms with Crippen molar-refractivity contribution in [1.29, 1.82) is 0 Å². The summed E-state index contributed by atoms with van der Waals surface area (Å²) in [6.45, 7) is 3.26. The second kappa shape index (κ2) is 6.52. The van der Waals surface area contributed by atoms with E-state index in [9.17, 15) is 9.59 Å². The van der Waals surface area contributed by atoms with Crippen LogP contribution in [0, 0.1) is 0 Å². The zero-order valence-corrected chi connectivity index (χ0v) is 9.71. The molecule has 0 aliphatic carbocycles. The van der Waals surface area contributed by atoms with Gasteiger partial charge in [-0.15, -0.1) is 0 Å². The summed E-state index contributed by atoms with van der Waals surface area (Å²) in [6, 6.07) is 8.54. The monoisotopic (exact) mass is 238 g/mol. The van der Waals surface area contributed by atoms with Gasteiger partial charge in [-0.05, 0) is 26.0 Å². The van der Waals surface area contributed by atoms with Crippen LogP contribution in [0.2, 0.25) is 0 Å². The van der Waals surface area contributed by atoms with Crippen molar-refractivity contribution in [3.8, 4) is 5.75 Å². The van der Waals surface area contributed by atoms with Crippen molar-refractivity contribution >= 4 is 12.1 Å². The summed E-state index contributed by atoms with van der Waals surface area (Å²) in [7, 11) is 0. The molecule has 0 saturated heterocycles. The van der Waals surface area contributed by atoms with Gasteiger partial charge in [0.2, 0.25) is 0 Å². The van der Waals surface area contributed by atoms with Crippen LogP contribution in [0.15, 0.2) is 30.3 Å². The van der Waals surface area contributed by atoms with E-state index in [0.29, 0.717) is 5.75 Å². The molecule has 0 aromatic heterocycles. The lowest BCUT2D eigenvalue weighted by Crippen LogP contribution is -2.28. The fourth-order valence-electron chi connectivity index (χ4n) is 1.03. The van der Waals surface area contributed by atoms with Gasteiger partial charge in [-0.1, -0.05) is 18.2 Å². The summed E-state index contributed by atoms with van der Waals surface area (Å²) in [4.78, 5) is 22.5. The van der Waals surface area contributed by atoms with E-state index >= 15 is 0 Å². The Kier molecular flexibility index (Phi) is 5.00. The highest BCUT2D eigenvalue weighted by atomic mass is 16.7. The Bertz CT molecular complexity index is 374. The zero-order valence-electron chi connectivity index (χ0n) is 9.71. The number of ether oxygens (including phenoxy) is 3. The third-order valence-corrected chi connectivity index (χ3v) is 1.83. The molecule has 1 atom stereocenters. The molecule has 1 aromatic carbocycles. The van der Waals surface area contributed by atoms with E-state index in [-0.39, 0.29) is 6.61 Å². The molecule has 0 saturated carbocycles. The van der Waals surface area contributed by atoms with Crippen LogP contribution in [0.1, 0.15) is 13.8 Å². The normalized spacial score (nSPS) is 11.4. The Morgan fingerprint density at radius 3 is 2.47 bits per heavy atom. The highest BCUT2D eigenvalue weighted by Gasteiger charge is 2.20. The minimum absolute atomic E-state index is 0.194. The van der Waals surface area contributed by atoms with Crippen LogP contribution in [0.25, 0.3) is 0 Å². The molecule has 1 rings (SSSR count). The van der Waals surface area contributed by atoms with Crippen LogP contribution in [0.5, 0.6) is 5.75 Å². The minimum Gasteiger partial charge on any atom is -0.435 e. The Hall–Kier alpha value is -2.04. The molecule has 0 spiro atoms. The first kappa shape index (κ1) is 13.0. The van der Waals surface area contributed by atoms with Gasteiger partial charge in [-0.3, -0.25) is 0 Å². The van der Waals surface area contributed by atoms with Gasteiger partial charge in [0.15, 0.2) is 6.10 Å². The van der Waals surface area contributed by atoms with Crippen molar-refractivity contribution < 1.29 is 23.8 Å². The Morgan fingerprint density at radius 2 is 1.88 bits per heavy atom. The molecule has 0 aliphatic heterocycles. The zero-order chi connectivity index (χ0) is 12.7. The average Bonchev–Trinajstić information content (AvgIpc) is 2.30. The van der Waals surface area contributed by atoms with E-state index < -0.39 is 18.2 Å². The lowest BCUT2D eigenvalue weighted by atomic mass is 10.3. The highest BCUT2D eigenvalue weighted by Crippen LogP contribution is 2.10. The average molecular weight is 238 g/mol. The molecule has 0 heterocycles. The van der Waals surface area contributed by atoms with Crippen molar-refractivity contribution in [3.63, 3.8) is 0 Å². The van der Waals surface area contributed by atoms with Crippen molar-refractivity contribution in [2.75, 3.05) is 6.61 Å². The Labute approximate surface area is 99.3 Å². The van der Waals surface area contributed by atoms with Gasteiger partial charge >= 0.3 is 12.1 Å². The van der Waals surface area contributed by atoms with Gasteiger partial charge in [0, 0.05) is 0 Å². The van der Waals surface area contributed by atoms with Crippen molar-refractivity contribution in [2.24, 2.45) is 0 Å². The maximum absolute atomic E-state index is 11.5. The van der Waals surface area contributed by atoms with E-state index in [2.05, 4.69) is 9.47 Å². The maximum atomic E-state index is 11.5. The van der Waals surface area contributed by atoms with Crippen LogP contribution < -0.4 is 4.74 Å². The molecule has 5 nitrogen and oxygen atoms in total. The summed E-state index contributed by atoms with van der Waals surface area (Å²) in [6.07, 6.45) is -1.89. The van der Waals surface area contributed by atoms with Gasteiger partial charge < -0.3 is 14.2 Å². The lowest BCUT2D eigenvalue weighted by Gasteiger charge is -2.11. The molecule has 0 aliphatic rings. The van der Waals surface area contributed by atoms with Crippen molar-refractivity contribution in [3.05, 3.63) is 30.3 Å². The minimum atomic E-state index is -1.01. The number of rotatable bonds is 4. The van der Waals surface area contributed by atoms with Gasteiger partial charge in [-0.25, -0.2) is 9.59 Å². The van der Waals surface area contributed by atoms with Crippen LogP contribution >= 0.6 is 0 Å². The fraction of sp³-hybridized carbons (Fsp3) is 0.333. The molecule has 0 N–H and O–H groups in total. The molecule has 92 valence electrons. The standard InChI is InChI=1S/C12H14O5/c1-3-15-12(14)16-9(2)11(13)17-10-7-5-4-6-8-10/h4-9H,3H2,1-2H3/t9-/m0/s1. The van der Waals surface area contributed by atoms with Gasteiger partial charge in [-0.2, -0.15) is 0 Å². The quantitative estimate of drug-likeness (QED) is 0.594. The van der Waals surface area contributed by atoms with Gasteiger partial charge in [0.1, 0.15) is 5.75 Å². The van der Waals surface area contributed by atoms with Crippen LogP contribution in [-0.2, 0) is 14.3 Å². The third kappa shape index (κ3) is 4.55. The predicted molar refractivity (Wildman–Crippen MR) is 59.6 cm³/mol. The largest absolute Gasteiger partial charge is 0.509 e. The number of para-hydroxylation sites is 1. The summed E-state index contributed by atoms with van der Waals surface area (Å²) >= 11 is 0. The van der Waals surface area contributed by atoms with E-state index in [1.54, 1.807) is 37.3 Å². The molecular formula is C12H14O5. The van der Waals surface area contributed by atoms with Crippen molar-refractivity contribution in [1.82, 2.24) is 0 Å². The van der Waals surface area contributed by atoms with Crippen LogP contribution in [0.4, 0.5) is 4.79 Å². The first-order valence-electron chi connectivity index (χ1n) is 5.23. The molecule has 0 amide bonds. The smallest absolute Gasteiger partial charge is 0.435 e. The van der Waals surface area contributed by atoms with Crippen LogP contribution in [-0.4, -0.2) is 24.8 Å². The molecule has 0 fully saturated rings. The van der Waals surface area contributed by atoms with Gasteiger partial charge in [0.25, 0.3) is 0 Å². The summed E-state index contributed by atoms with van der Waals surface area (Å²) < 4.78 is 14.2. The number of carbonyl (C=O) groups excluding carboxylic acids is 2. The Balaban J connectivity index is 2.45. The van der Waals surface area contributed by atoms with Gasteiger partial charge in [0.05, 0.1) is 6.61 Å². The predicted octanol–water partition coefficient (Wildman–Crippen LogP) is 2.15. The lowest BCUT2D eigenvalue weighted by molar-refractivity contribution is -0.144. The summed E-state index contributed by atoms with van der Waals surface area (Å²) in [5.74, 6) is -0.249. The van der Waals surface area contributed by atoms with Crippen LogP contribution in [0.3, 0.4) is 0 Å². The second-order valence-corrected chi connectivity index (χ2v) is 3.18. The summed E-state index contributed by atoms with van der Waals surface area (Å²) in [5, 5.41) is 0. The maximum Gasteiger partial charge on any atom is 0.509 e. The molecule has 0 bridgehead atoms.